The number of rotatable bonds is 5. The van der Waals surface area contributed by atoms with E-state index in [2.05, 4.69) is 26.1 Å². The van der Waals surface area contributed by atoms with Crippen molar-refractivity contribution in [2.75, 3.05) is 33.4 Å². The van der Waals surface area contributed by atoms with E-state index >= 15 is 0 Å². The first-order chi connectivity index (χ1) is 6.58. The van der Waals surface area contributed by atoms with Crippen LogP contribution in [0.15, 0.2) is 29.4 Å². The van der Waals surface area contributed by atoms with E-state index in [1.165, 1.54) is 6.54 Å². The van der Waals surface area contributed by atoms with Gasteiger partial charge in [0.1, 0.15) is 5.03 Å². The SMILES string of the molecule is C[N+](C)(C)CCSSc1ccccn1. The molecule has 0 aromatic carbocycles. The molecule has 1 aromatic heterocycles. The fraction of sp³-hybridized carbons (Fsp3) is 0.500. The van der Waals surface area contributed by atoms with Gasteiger partial charge in [-0.15, -0.1) is 0 Å². The molecule has 0 bridgehead atoms. The van der Waals surface area contributed by atoms with Crippen molar-refractivity contribution < 1.29 is 4.48 Å². The maximum Gasteiger partial charge on any atom is 0.106 e. The van der Waals surface area contributed by atoms with E-state index < -0.39 is 0 Å². The van der Waals surface area contributed by atoms with Crippen LogP contribution in [-0.4, -0.2) is 42.9 Å². The molecule has 0 radical (unpaired) electrons. The van der Waals surface area contributed by atoms with Crippen molar-refractivity contribution in [1.82, 2.24) is 4.98 Å². The second-order valence-electron chi connectivity index (χ2n) is 4.09. The third kappa shape index (κ3) is 5.52. The Kier molecular flexibility index (Phi) is 4.78. The van der Waals surface area contributed by atoms with Gasteiger partial charge in [0.05, 0.1) is 33.4 Å². The molecule has 0 atom stereocenters. The number of hydrogen-bond acceptors (Lipinski definition) is 3. The summed E-state index contributed by atoms with van der Waals surface area (Å²) < 4.78 is 1.02. The van der Waals surface area contributed by atoms with Crippen LogP contribution < -0.4 is 0 Å². The highest BCUT2D eigenvalue weighted by Gasteiger charge is 2.06. The summed E-state index contributed by atoms with van der Waals surface area (Å²) in [5.74, 6) is 1.16. The zero-order valence-corrected chi connectivity index (χ0v) is 10.6. The molecule has 0 N–H and O–H groups in total. The Morgan fingerprint density at radius 3 is 2.64 bits per heavy atom. The molecule has 1 rings (SSSR count). The summed E-state index contributed by atoms with van der Waals surface area (Å²) in [5, 5.41) is 1.10. The van der Waals surface area contributed by atoms with Gasteiger partial charge in [0.2, 0.25) is 0 Å². The van der Waals surface area contributed by atoms with Crippen molar-refractivity contribution in [1.29, 1.82) is 0 Å². The van der Waals surface area contributed by atoms with E-state index in [0.29, 0.717) is 0 Å². The minimum atomic E-state index is 1.02. The maximum atomic E-state index is 4.25. The van der Waals surface area contributed by atoms with Crippen molar-refractivity contribution in [3.63, 3.8) is 0 Å². The first kappa shape index (κ1) is 11.9. The lowest BCUT2D eigenvalue weighted by molar-refractivity contribution is -0.867. The summed E-state index contributed by atoms with van der Waals surface area (Å²) in [5.41, 5.74) is 0. The van der Waals surface area contributed by atoms with Gasteiger partial charge in [-0.2, -0.15) is 0 Å². The van der Waals surface area contributed by atoms with Crippen molar-refractivity contribution in [2.45, 2.75) is 5.03 Å². The van der Waals surface area contributed by atoms with Crippen molar-refractivity contribution in [2.24, 2.45) is 0 Å². The van der Waals surface area contributed by atoms with Crippen LogP contribution in [0.25, 0.3) is 0 Å². The zero-order valence-electron chi connectivity index (χ0n) is 8.93. The average Bonchev–Trinajstić information content (AvgIpc) is 2.13. The Bertz CT molecular complexity index is 257. The molecule has 0 amide bonds. The van der Waals surface area contributed by atoms with Crippen molar-refractivity contribution >= 4 is 21.6 Å². The second-order valence-corrected chi connectivity index (χ2v) is 6.52. The molecular weight excluding hydrogens is 212 g/mol. The summed E-state index contributed by atoms with van der Waals surface area (Å²) in [6.07, 6.45) is 1.84. The Balaban J connectivity index is 2.17. The Hall–Kier alpha value is -0.190. The molecule has 4 heteroatoms. The lowest BCUT2D eigenvalue weighted by Gasteiger charge is -2.23. The number of quaternary nitrogens is 1. The van der Waals surface area contributed by atoms with E-state index in [9.17, 15) is 0 Å². The average molecular weight is 229 g/mol. The summed E-state index contributed by atoms with van der Waals surface area (Å²) in [4.78, 5) is 4.25. The number of aromatic nitrogens is 1. The quantitative estimate of drug-likeness (QED) is 0.437. The monoisotopic (exact) mass is 229 g/mol. The van der Waals surface area contributed by atoms with Gasteiger partial charge < -0.3 is 4.48 Å². The van der Waals surface area contributed by atoms with E-state index in [1.54, 1.807) is 10.8 Å². The zero-order chi connectivity index (χ0) is 10.4. The predicted molar refractivity (Wildman–Crippen MR) is 65.5 cm³/mol. The number of nitrogens with zero attached hydrogens (tertiary/aromatic N) is 2. The summed E-state index contributed by atoms with van der Waals surface area (Å²) in [7, 11) is 10.3. The highest BCUT2D eigenvalue weighted by Crippen LogP contribution is 2.28. The van der Waals surface area contributed by atoms with Crippen LogP contribution in [0.1, 0.15) is 0 Å². The number of pyridine rings is 1. The highest BCUT2D eigenvalue weighted by atomic mass is 33.1. The molecule has 0 unspecified atom stereocenters. The molecule has 1 aromatic rings. The Morgan fingerprint density at radius 1 is 1.29 bits per heavy atom. The normalized spacial score (nSPS) is 11.6. The smallest absolute Gasteiger partial charge is 0.106 e. The third-order valence-electron chi connectivity index (χ3n) is 1.63. The molecule has 0 spiro atoms. The third-order valence-corrected chi connectivity index (χ3v) is 3.87. The largest absolute Gasteiger partial charge is 0.330 e. The molecular formula is C10H17N2S2+. The van der Waals surface area contributed by atoms with Gasteiger partial charge in [0.15, 0.2) is 0 Å². The second kappa shape index (κ2) is 5.63. The molecule has 0 saturated carbocycles. The lowest BCUT2D eigenvalue weighted by Crippen LogP contribution is -2.36. The van der Waals surface area contributed by atoms with Crippen LogP contribution >= 0.6 is 21.6 Å². The summed E-state index contributed by atoms with van der Waals surface area (Å²) in [6, 6.07) is 6.01. The van der Waals surface area contributed by atoms with Crippen LogP contribution in [0.4, 0.5) is 0 Å². The summed E-state index contributed by atoms with van der Waals surface area (Å²) in [6.45, 7) is 1.19. The van der Waals surface area contributed by atoms with Crippen LogP contribution in [0.5, 0.6) is 0 Å². The molecule has 0 fully saturated rings. The molecule has 78 valence electrons. The molecule has 0 saturated heterocycles. The van der Waals surface area contributed by atoms with Crippen LogP contribution in [0.2, 0.25) is 0 Å². The molecule has 0 aliphatic heterocycles. The van der Waals surface area contributed by atoms with E-state index in [1.807, 2.05) is 35.2 Å². The van der Waals surface area contributed by atoms with Crippen LogP contribution in [0, 0.1) is 0 Å². The van der Waals surface area contributed by atoms with E-state index in [0.717, 1.165) is 15.3 Å². The standard InChI is InChI=1S/C10H17N2S2/c1-12(2,3)8-9-13-14-10-6-4-5-7-11-10/h4-7H,8-9H2,1-3H3/q+1. The molecule has 2 nitrogen and oxygen atoms in total. The fourth-order valence-electron chi connectivity index (χ4n) is 0.810. The predicted octanol–water partition coefficient (Wildman–Crippen LogP) is 2.53. The van der Waals surface area contributed by atoms with Gasteiger partial charge in [-0.05, 0) is 22.9 Å². The first-order valence-corrected chi connectivity index (χ1v) is 6.91. The van der Waals surface area contributed by atoms with Crippen molar-refractivity contribution in [3.05, 3.63) is 24.4 Å². The Morgan fingerprint density at radius 2 is 2.07 bits per heavy atom. The highest BCUT2D eigenvalue weighted by molar-refractivity contribution is 8.76. The van der Waals surface area contributed by atoms with E-state index in [-0.39, 0.29) is 0 Å². The molecule has 14 heavy (non-hydrogen) atoms. The van der Waals surface area contributed by atoms with Gasteiger partial charge >= 0.3 is 0 Å². The minimum absolute atomic E-state index is 1.02. The van der Waals surface area contributed by atoms with Gasteiger partial charge in [0, 0.05) is 6.20 Å². The van der Waals surface area contributed by atoms with Crippen molar-refractivity contribution in [3.8, 4) is 0 Å². The summed E-state index contributed by atoms with van der Waals surface area (Å²) >= 11 is 0. The topological polar surface area (TPSA) is 12.9 Å². The van der Waals surface area contributed by atoms with E-state index in [4.69, 9.17) is 0 Å². The molecule has 0 aliphatic carbocycles. The first-order valence-electron chi connectivity index (χ1n) is 4.59. The number of hydrogen-bond donors (Lipinski definition) is 0. The maximum absolute atomic E-state index is 4.25. The van der Waals surface area contributed by atoms with Crippen LogP contribution in [-0.2, 0) is 0 Å². The van der Waals surface area contributed by atoms with Gasteiger partial charge in [0.25, 0.3) is 0 Å². The minimum Gasteiger partial charge on any atom is -0.330 e. The van der Waals surface area contributed by atoms with Gasteiger partial charge in [-0.1, -0.05) is 16.9 Å². The van der Waals surface area contributed by atoms with Crippen LogP contribution in [0.3, 0.4) is 0 Å². The Labute approximate surface area is 94.1 Å². The molecule has 1 heterocycles. The fourth-order valence-corrected chi connectivity index (χ4v) is 3.01. The lowest BCUT2D eigenvalue weighted by atomic mass is 10.5. The van der Waals surface area contributed by atoms with Gasteiger partial charge in [-0.3, -0.25) is 0 Å². The van der Waals surface area contributed by atoms with Gasteiger partial charge in [-0.25, -0.2) is 4.98 Å². The molecule has 0 aliphatic rings.